The Morgan fingerprint density at radius 3 is 2.77 bits per heavy atom. The molecular formula is C8H5BrClFO2. The van der Waals surface area contributed by atoms with E-state index in [2.05, 4.69) is 20.7 Å². The average molecular weight is 267 g/mol. The molecule has 0 amide bonds. The number of carbonyl (C=O) groups is 1. The molecule has 0 aliphatic carbocycles. The molecule has 0 N–H and O–H groups in total. The van der Waals surface area contributed by atoms with Crippen LogP contribution < -0.4 is 0 Å². The maximum absolute atomic E-state index is 13.0. The van der Waals surface area contributed by atoms with E-state index >= 15 is 0 Å². The maximum Gasteiger partial charge on any atom is 0.339 e. The molecule has 0 aliphatic rings. The van der Waals surface area contributed by atoms with Crippen molar-refractivity contribution >= 4 is 33.5 Å². The fraction of sp³-hybridized carbons (Fsp3) is 0.125. The van der Waals surface area contributed by atoms with E-state index in [0.717, 1.165) is 6.07 Å². The van der Waals surface area contributed by atoms with Crippen LogP contribution in [0.2, 0.25) is 5.02 Å². The van der Waals surface area contributed by atoms with Crippen LogP contribution in [0.3, 0.4) is 0 Å². The smallest absolute Gasteiger partial charge is 0.339 e. The molecule has 0 unspecified atom stereocenters. The SMILES string of the molecule is COC(=O)c1cc(Cl)cc(F)c1Br. The predicted molar refractivity (Wildman–Crippen MR) is 50.4 cm³/mol. The van der Waals surface area contributed by atoms with Crippen molar-refractivity contribution in [2.24, 2.45) is 0 Å². The van der Waals surface area contributed by atoms with Crippen molar-refractivity contribution in [3.05, 3.63) is 33.0 Å². The lowest BCUT2D eigenvalue weighted by molar-refractivity contribution is 0.0599. The molecule has 0 saturated carbocycles. The van der Waals surface area contributed by atoms with Crippen molar-refractivity contribution < 1.29 is 13.9 Å². The molecule has 1 aromatic rings. The zero-order valence-corrected chi connectivity index (χ0v) is 8.95. The van der Waals surface area contributed by atoms with E-state index in [9.17, 15) is 9.18 Å². The number of halogens is 3. The van der Waals surface area contributed by atoms with Gasteiger partial charge in [-0.2, -0.15) is 0 Å². The van der Waals surface area contributed by atoms with Crippen molar-refractivity contribution in [3.8, 4) is 0 Å². The number of rotatable bonds is 1. The minimum Gasteiger partial charge on any atom is -0.465 e. The summed E-state index contributed by atoms with van der Waals surface area (Å²) in [5, 5.41) is 0.154. The third-order valence-corrected chi connectivity index (χ3v) is 2.42. The van der Waals surface area contributed by atoms with Gasteiger partial charge in [-0.3, -0.25) is 0 Å². The molecule has 0 radical (unpaired) electrons. The standard InChI is InChI=1S/C8H5BrClFO2/c1-13-8(12)5-2-4(10)3-6(11)7(5)9/h2-3H,1H3. The first-order valence-corrected chi connectivity index (χ1v) is 4.46. The molecule has 2 nitrogen and oxygen atoms in total. The van der Waals surface area contributed by atoms with Gasteiger partial charge in [0.05, 0.1) is 17.1 Å². The third kappa shape index (κ3) is 2.19. The number of esters is 1. The Balaban J connectivity index is 3.28. The van der Waals surface area contributed by atoms with E-state index in [1.54, 1.807) is 0 Å². The molecule has 1 rings (SSSR count). The summed E-state index contributed by atoms with van der Waals surface area (Å²) in [5.74, 6) is -1.22. The highest BCUT2D eigenvalue weighted by molar-refractivity contribution is 9.10. The van der Waals surface area contributed by atoms with Crippen molar-refractivity contribution in [3.63, 3.8) is 0 Å². The highest BCUT2D eigenvalue weighted by Crippen LogP contribution is 2.25. The van der Waals surface area contributed by atoms with Gasteiger partial charge in [0, 0.05) is 5.02 Å². The summed E-state index contributed by atoms with van der Waals surface area (Å²) < 4.78 is 17.5. The first-order valence-electron chi connectivity index (χ1n) is 3.29. The van der Waals surface area contributed by atoms with Gasteiger partial charge >= 0.3 is 5.97 Å². The van der Waals surface area contributed by atoms with Crippen molar-refractivity contribution in [2.45, 2.75) is 0 Å². The highest BCUT2D eigenvalue weighted by atomic mass is 79.9. The van der Waals surface area contributed by atoms with Crippen molar-refractivity contribution in [1.82, 2.24) is 0 Å². The number of hydrogen-bond donors (Lipinski definition) is 0. The Bertz CT molecular complexity index is 354. The fourth-order valence-electron chi connectivity index (χ4n) is 0.814. The van der Waals surface area contributed by atoms with Crippen LogP contribution in [0.1, 0.15) is 10.4 Å². The second kappa shape index (κ2) is 4.07. The predicted octanol–water partition coefficient (Wildman–Crippen LogP) is 3.03. The molecule has 0 aromatic heterocycles. The largest absolute Gasteiger partial charge is 0.465 e. The molecule has 1 aromatic carbocycles. The van der Waals surface area contributed by atoms with Crippen LogP contribution in [0.4, 0.5) is 4.39 Å². The molecule has 0 atom stereocenters. The molecule has 0 fully saturated rings. The van der Waals surface area contributed by atoms with Crippen LogP contribution in [0.5, 0.6) is 0 Å². The first-order chi connectivity index (χ1) is 6.06. The number of hydrogen-bond acceptors (Lipinski definition) is 2. The number of benzene rings is 1. The van der Waals surface area contributed by atoms with Crippen molar-refractivity contribution in [2.75, 3.05) is 7.11 Å². The summed E-state index contributed by atoms with van der Waals surface area (Å²) in [7, 11) is 1.22. The Morgan fingerprint density at radius 2 is 2.23 bits per heavy atom. The van der Waals surface area contributed by atoms with E-state index in [1.807, 2.05) is 0 Å². The van der Waals surface area contributed by atoms with Crippen LogP contribution in [0.15, 0.2) is 16.6 Å². The monoisotopic (exact) mass is 266 g/mol. The number of carbonyl (C=O) groups excluding carboxylic acids is 1. The van der Waals surface area contributed by atoms with Gasteiger partial charge in [-0.1, -0.05) is 11.6 Å². The molecule has 5 heteroatoms. The van der Waals surface area contributed by atoms with Gasteiger partial charge in [0.1, 0.15) is 5.82 Å². The molecule has 0 bridgehead atoms. The minimum atomic E-state index is -0.631. The second-order valence-corrected chi connectivity index (χ2v) is 3.47. The molecule has 70 valence electrons. The summed E-state index contributed by atoms with van der Waals surface area (Å²) in [6.07, 6.45) is 0. The van der Waals surface area contributed by atoms with Crippen LogP contribution in [-0.2, 0) is 4.74 Å². The zero-order chi connectivity index (χ0) is 10.0. The van der Waals surface area contributed by atoms with Gasteiger partial charge in [-0.05, 0) is 28.1 Å². The van der Waals surface area contributed by atoms with Gasteiger partial charge < -0.3 is 4.74 Å². The summed E-state index contributed by atoms with van der Waals surface area (Å²) >= 11 is 8.48. The second-order valence-electron chi connectivity index (χ2n) is 2.24. The first kappa shape index (κ1) is 10.5. The minimum absolute atomic E-state index is 0.0590. The van der Waals surface area contributed by atoms with E-state index in [-0.39, 0.29) is 15.1 Å². The zero-order valence-electron chi connectivity index (χ0n) is 6.61. The van der Waals surface area contributed by atoms with Gasteiger partial charge in [-0.15, -0.1) is 0 Å². The maximum atomic E-state index is 13.0. The lowest BCUT2D eigenvalue weighted by Crippen LogP contribution is -2.03. The van der Waals surface area contributed by atoms with Crippen LogP contribution in [0.25, 0.3) is 0 Å². The van der Waals surface area contributed by atoms with Crippen LogP contribution >= 0.6 is 27.5 Å². The Kier molecular flexibility index (Phi) is 3.27. The topological polar surface area (TPSA) is 26.3 Å². The fourth-order valence-corrected chi connectivity index (χ4v) is 1.41. The summed E-state index contributed by atoms with van der Waals surface area (Å²) in [4.78, 5) is 11.1. The van der Waals surface area contributed by atoms with Crippen molar-refractivity contribution in [1.29, 1.82) is 0 Å². The summed E-state index contributed by atoms with van der Waals surface area (Å²) in [6.45, 7) is 0. The molecule has 0 saturated heterocycles. The van der Waals surface area contributed by atoms with Gasteiger partial charge in [-0.25, -0.2) is 9.18 Å². The van der Waals surface area contributed by atoms with E-state index in [0.29, 0.717) is 0 Å². The van der Waals surface area contributed by atoms with E-state index in [1.165, 1.54) is 13.2 Å². The lowest BCUT2D eigenvalue weighted by atomic mass is 10.2. The van der Waals surface area contributed by atoms with E-state index < -0.39 is 11.8 Å². The average Bonchev–Trinajstić information content (AvgIpc) is 2.10. The van der Waals surface area contributed by atoms with Crippen LogP contribution in [-0.4, -0.2) is 13.1 Å². The molecule has 0 aliphatic heterocycles. The lowest BCUT2D eigenvalue weighted by Gasteiger charge is -2.03. The van der Waals surface area contributed by atoms with Gasteiger partial charge in [0.25, 0.3) is 0 Å². The summed E-state index contributed by atoms with van der Waals surface area (Å²) in [6, 6.07) is 2.44. The highest BCUT2D eigenvalue weighted by Gasteiger charge is 2.14. The Labute approximate surface area is 87.8 Å². The Hall–Kier alpha value is -0.610. The quantitative estimate of drug-likeness (QED) is 0.577. The molecule has 13 heavy (non-hydrogen) atoms. The molecule has 0 heterocycles. The normalized spacial score (nSPS) is 9.85. The molecular weight excluding hydrogens is 262 g/mol. The summed E-state index contributed by atoms with van der Waals surface area (Å²) in [5.41, 5.74) is 0.0764. The Morgan fingerprint density at radius 1 is 1.62 bits per heavy atom. The van der Waals surface area contributed by atoms with E-state index in [4.69, 9.17) is 11.6 Å². The van der Waals surface area contributed by atoms with Gasteiger partial charge in [0.15, 0.2) is 0 Å². The molecule has 0 spiro atoms. The third-order valence-electron chi connectivity index (χ3n) is 1.40. The van der Waals surface area contributed by atoms with Crippen LogP contribution in [0, 0.1) is 5.82 Å². The number of ether oxygens (including phenoxy) is 1. The van der Waals surface area contributed by atoms with Gasteiger partial charge in [0.2, 0.25) is 0 Å². The number of methoxy groups -OCH3 is 1.